The maximum atomic E-state index is 5.55. The van der Waals surface area contributed by atoms with Gasteiger partial charge in [-0.05, 0) is 36.4 Å². The third-order valence-corrected chi connectivity index (χ3v) is 3.85. The molecular formula is C18H16ClN3. The van der Waals surface area contributed by atoms with Crippen molar-refractivity contribution in [1.82, 2.24) is 4.57 Å². The first-order chi connectivity index (χ1) is 10.4. The maximum absolute atomic E-state index is 5.55. The van der Waals surface area contributed by atoms with Crippen LogP contribution in [0.5, 0.6) is 0 Å². The van der Waals surface area contributed by atoms with Crippen molar-refractivity contribution >= 4 is 39.9 Å². The zero-order chi connectivity index (χ0) is 14.2. The minimum atomic E-state index is 0. The smallest absolute Gasteiger partial charge is 0.0542 e. The van der Waals surface area contributed by atoms with Gasteiger partial charge in [-0.2, -0.15) is 0 Å². The SMILES string of the molecule is Cl.NNc1ccc2c(c1)c1ccccc1n2-c1ccccc1. The predicted molar refractivity (Wildman–Crippen MR) is 95.8 cm³/mol. The topological polar surface area (TPSA) is 43.0 Å². The maximum Gasteiger partial charge on any atom is 0.0542 e. The van der Waals surface area contributed by atoms with Crippen LogP contribution < -0.4 is 11.3 Å². The molecule has 1 aromatic heterocycles. The summed E-state index contributed by atoms with van der Waals surface area (Å²) in [6.45, 7) is 0. The number of nitrogens with zero attached hydrogens (tertiary/aromatic N) is 1. The molecule has 0 amide bonds. The van der Waals surface area contributed by atoms with Gasteiger partial charge in [0.1, 0.15) is 0 Å². The van der Waals surface area contributed by atoms with E-state index in [1.54, 1.807) is 0 Å². The van der Waals surface area contributed by atoms with Crippen LogP contribution in [0.1, 0.15) is 0 Å². The largest absolute Gasteiger partial charge is 0.324 e. The minimum Gasteiger partial charge on any atom is -0.324 e. The fraction of sp³-hybridized carbons (Fsp3) is 0. The van der Waals surface area contributed by atoms with Gasteiger partial charge in [-0.1, -0.05) is 36.4 Å². The molecule has 4 rings (SSSR count). The van der Waals surface area contributed by atoms with E-state index in [-0.39, 0.29) is 12.4 Å². The van der Waals surface area contributed by atoms with Crippen LogP contribution in [0.3, 0.4) is 0 Å². The highest BCUT2D eigenvalue weighted by Gasteiger charge is 2.11. The van der Waals surface area contributed by atoms with Crippen molar-refractivity contribution in [2.75, 3.05) is 5.43 Å². The molecule has 4 aromatic rings. The summed E-state index contributed by atoms with van der Waals surface area (Å²) >= 11 is 0. The normalized spacial score (nSPS) is 10.6. The molecule has 0 bridgehead atoms. The summed E-state index contributed by atoms with van der Waals surface area (Å²) in [4.78, 5) is 0. The first-order valence-electron chi connectivity index (χ1n) is 6.94. The number of anilines is 1. The molecule has 0 radical (unpaired) electrons. The second-order valence-corrected chi connectivity index (χ2v) is 5.06. The number of benzene rings is 3. The zero-order valence-electron chi connectivity index (χ0n) is 11.9. The Morgan fingerprint density at radius 2 is 1.41 bits per heavy atom. The lowest BCUT2D eigenvalue weighted by molar-refractivity contribution is 1.18. The fourth-order valence-electron chi connectivity index (χ4n) is 2.92. The molecule has 4 heteroatoms. The zero-order valence-corrected chi connectivity index (χ0v) is 12.7. The van der Waals surface area contributed by atoms with Crippen molar-refractivity contribution in [3.8, 4) is 5.69 Å². The number of halogens is 1. The van der Waals surface area contributed by atoms with Crippen LogP contribution in [-0.4, -0.2) is 4.57 Å². The number of nitrogens with two attached hydrogens (primary N) is 1. The van der Waals surface area contributed by atoms with Crippen molar-refractivity contribution in [2.45, 2.75) is 0 Å². The van der Waals surface area contributed by atoms with Gasteiger partial charge in [0, 0.05) is 22.1 Å². The van der Waals surface area contributed by atoms with E-state index in [9.17, 15) is 0 Å². The fourth-order valence-corrected chi connectivity index (χ4v) is 2.92. The molecule has 3 N–H and O–H groups in total. The van der Waals surface area contributed by atoms with Gasteiger partial charge in [-0.25, -0.2) is 0 Å². The molecule has 110 valence electrons. The number of hydrogen-bond donors (Lipinski definition) is 2. The van der Waals surface area contributed by atoms with Gasteiger partial charge >= 0.3 is 0 Å². The summed E-state index contributed by atoms with van der Waals surface area (Å²) in [5.74, 6) is 5.55. The lowest BCUT2D eigenvalue weighted by atomic mass is 10.1. The summed E-state index contributed by atoms with van der Waals surface area (Å²) in [7, 11) is 0. The van der Waals surface area contributed by atoms with Crippen molar-refractivity contribution in [3.05, 3.63) is 72.8 Å². The van der Waals surface area contributed by atoms with Crippen LogP contribution in [0.2, 0.25) is 0 Å². The number of hydrogen-bond acceptors (Lipinski definition) is 2. The van der Waals surface area contributed by atoms with Crippen molar-refractivity contribution < 1.29 is 0 Å². The summed E-state index contributed by atoms with van der Waals surface area (Å²) < 4.78 is 2.28. The molecule has 0 aliphatic heterocycles. The van der Waals surface area contributed by atoms with Crippen molar-refractivity contribution in [3.63, 3.8) is 0 Å². The molecule has 3 nitrogen and oxygen atoms in total. The van der Waals surface area contributed by atoms with Gasteiger partial charge in [-0.3, -0.25) is 5.84 Å². The van der Waals surface area contributed by atoms with Gasteiger partial charge in [0.25, 0.3) is 0 Å². The van der Waals surface area contributed by atoms with Crippen molar-refractivity contribution in [2.24, 2.45) is 5.84 Å². The summed E-state index contributed by atoms with van der Waals surface area (Å²) in [5, 5.41) is 2.43. The van der Waals surface area contributed by atoms with E-state index in [0.717, 1.165) is 11.4 Å². The van der Waals surface area contributed by atoms with Gasteiger partial charge in [0.05, 0.1) is 11.0 Å². The number of fused-ring (bicyclic) bond motifs is 3. The number of hydrazine groups is 1. The molecule has 0 atom stereocenters. The Bertz CT molecular complexity index is 929. The average Bonchev–Trinajstić information content (AvgIpc) is 2.89. The Labute approximate surface area is 134 Å². The summed E-state index contributed by atoms with van der Waals surface area (Å²) in [5.41, 5.74) is 7.19. The van der Waals surface area contributed by atoms with Crippen LogP contribution in [0.4, 0.5) is 5.69 Å². The molecule has 0 saturated carbocycles. The van der Waals surface area contributed by atoms with Gasteiger partial charge < -0.3 is 9.99 Å². The Hall–Kier alpha value is -2.49. The molecule has 0 aliphatic rings. The summed E-state index contributed by atoms with van der Waals surface area (Å²) in [6.07, 6.45) is 0. The second kappa shape index (κ2) is 5.72. The predicted octanol–water partition coefficient (Wildman–Crippen LogP) is 4.49. The molecule has 22 heavy (non-hydrogen) atoms. The van der Waals surface area contributed by atoms with Crippen LogP contribution in [0.15, 0.2) is 72.8 Å². The van der Waals surface area contributed by atoms with Crippen molar-refractivity contribution in [1.29, 1.82) is 0 Å². The lowest BCUT2D eigenvalue weighted by Gasteiger charge is -2.07. The number of nitrogen functional groups attached to an aromatic ring is 1. The van der Waals surface area contributed by atoms with E-state index in [4.69, 9.17) is 5.84 Å². The monoisotopic (exact) mass is 309 g/mol. The highest BCUT2D eigenvalue weighted by Crippen LogP contribution is 2.33. The molecule has 0 spiro atoms. The number of rotatable bonds is 2. The first-order valence-corrected chi connectivity index (χ1v) is 6.94. The van der Waals surface area contributed by atoms with Crippen LogP contribution in [-0.2, 0) is 0 Å². The average molecular weight is 310 g/mol. The van der Waals surface area contributed by atoms with E-state index in [1.165, 1.54) is 21.8 Å². The Morgan fingerprint density at radius 3 is 2.18 bits per heavy atom. The molecular weight excluding hydrogens is 294 g/mol. The molecule has 0 saturated heterocycles. The van der Waals surface area contributed by atoms with Gasteiger partial charge in [0.2, 0.25) is 0 Å². The van der Waals surface area contributed by atoms with Gasteiger partial charge in [-0.15, -0.1) is 12.4 Å². The third kappa shape index (κ3) is 2.11. The van der Waals surface area contributed by atoms with Crippen LogP contribution in [0, 0.1) is 0 Å². The Morgan fingerprint density at radius 1 is 0.727 bits per heavy atom. The lowest BCUT2D eigenvalue weighted by Crippen LogP contribution is -2.06. The van der Waals surface area contributed by atoms with E-state index >= 15 is 0 Å². The van der Waals surface area contributed by atoms with Gasteiger partial charge in [0.15, 0.2) is 0 Å². The third-order valence-electron chi connectivity index (χ3n) is 3.85. The highest BCUT2D eigenvalue weighted by atomic mass is 35.5. The standard InChI is InChI=1S/C18H15N3.ClH/c19-20-13-10-11-18-16(12-13)15-8-4-5-9-17(15)21(18)14-6-2-1-3-7-14;/h1-12,20H,19H2;1H. The second-order valence-electron chi connectivity index (χ2n) is 5.06. The minimum absolute atomic E-state index is 0. The number of aromatic nitrogens is 1. The number of para-hydroxylation sites is 2. The Balaban J connectivity index is 0.00000144. The number of nitrogens with one attached hydrogen (secondary N) is 1. The highest BCUT2D eigenvalue weighted by molar-refractivity contribution is 6.10. The van der Waals surface area contributed by atoms with E-state index in [0.29, 0.717) is 0 Å². The molecule has 0 aliphatic carbocycles. The van der Waals surface area contributed by atoms with Crippen LogP contribution >= 0.6 is 12.4 Å². The molecule has 3 aromatic carbocycles. The van der Waals surface area contributed by atoms with E-state index < -0.39 is 0 Å². The quantitative estimate of drug-likeness (QED) is 0.423. The molecule has 1 heterocycles. The summed E-state index contributed by atoms with van der Waals surface area (Å²) in [6, 6.07) is 25.1. The van der Waals surface area contributed by atoms with E-state index in [2.05, 4.69) is 70.7 Å². The molecule has 0 unspecified atom stereocenters. The van der Waals surface area contributed by atoms with E-state index in [1.807, 2.05) is 12.1 Å². The molecule has 0 fully saturated rings. The first kappa shape index (κ1) is 14.4. The Kier molecular flexibility index (Phi) is 3.75. The van der Waals surface area contributed by atoms with Crippen LogP contribution in [0.25, 0.3) is 27.5 Å².